The van der Waals surface area contributed by atoms with Crippen LogP contribution >= 0.6 is 0 Å². The van der Waals surface area contributed by atoms with Gasteiger partial charge in [-0.3, -0.25) is 0 Å². The van der Waals surface area contributed by atoms with E-state index in [-0.39, 0.29) is 5.82 Å². The summed E-state index contributed by atoms with van der Waals surface area (Å²) < 4.78 is 13.5. The molecule has 0 unspecified atom stereocenters. The highest BCUT2D eigenvalue weighted by Crippen LogP contribution is 2.10. The van der Waals surface area contributed by atoms with Crippen molar-refractivity contribution in [3.63, 3.8) is 0 Å². The van der Waals surface area contributed by atoms with E-state index in [1.54, 1.807) is 18.3 Å². The molecule has 0 aliphatic rings. The van der Waals surface area contributed by atoms with Gasteiger partial charge in [-0.25, -0.2) is 9.37 Å². The first-order valence-electron chi connectivity index (χ1n) is 7.34. The van der Waals surface area contributed by atoms with Crippen LogP contribution in [0, 0.1) is 5.82 Å². The zero-order valence-corrected chi connectivity index (χ0v) is 12.3. The number of unbranched alkanes of at least 4 members (excludes halogenated alkanes) is 2. The fourth-order valence-corrected chi connectivity index (χ4v) is 1.95. The van der Waals surface area contributed by atoms with Gasteiger partial charge < -0.3 is 10.6 Å². The van der Waals surface area contributed by atoms with Crippen molar-refractivity contribution in [2.75, 3.05) is 17.2 Å². The van der Waals surface area contributed by atoms with Crippen molar-refractivity contribution in [1.29, 1.82) is 0 Å². The number of anilines is 2. The van der Waals surface area contributed by atoms with Crippen LogP contribution in [0.4, 0.5) is 16.2 Å². The second-order valence-corrected chi connectivity index (χ2v) is 4.84. The van der Waals surface area contributed by atoms with Gasteiger partial charge in [0.15, 0.2) is 0 Å². The van der Waals surface area contributed by atoms with Gasteiger partial charge in [-0.1, -0.05) is 38.0 Å². The van der Waals surface area contributed by atoms with Gasteiger partial charge in [0.1, 0.15) is 11.6 Å². The van der Waals surface area contributed by atoms with E-state index in [0.717, 1.165) is 18.8 Å². The van der Waals surface area contributed by atoms with Crippen LogP contribution in [0.25, 0.3) is 0 Å². The standard InChI is InChI=1S/C16H21FN4/c1-2-3-6-10-18-15-9-11-19-16(21-15)20-12-13-7-4-5-8-14(13)17/h4-5,7-9,11H,2-3,6,10,12H2,1H3,(H2,18,19,20,21). The number of halogens is 1. The summed E-state index contributed by atoms with van der Waals surface area (Å²) in [4.78, 5) is 8.50. The molecule has 1 aromatic carbocycles. The number of aromatic nitrogens is 2. The van der Waals surface area contributed by atoms with Crippen molar-refractivity contribution in [3.8, 4) is 0 Å². The summed E-state index contributed by atoms with van der Waals surface area (Å²) >= 11 is 0. The molecule has 0 fully saturated rings. The molecule has 5 heteroatoms. The third-order valence-corrected chi connectivity index (χ3v) is 3.14. The molecule has 4 nitrogen and oxygen atoms in total. The zero-order valence-electron chi connectivity index (χ0n) is 12.3. The van der Waals surface area contributed by atoms with Crippen LogP contribution in [-0.4, -0.2) is 16.5 Å². The molecule has 1 aromatic heterocycles. The maximum Gasteiger partial charge on any atom is 0.224 e. The lowest BCUT2D eigenvalue weighted by atomic mass is 10.2. The van der Waals surface area contributed by atoms with E-state index >= 15 is 0 Å². The maximum atomic E-state index is 13.5. The SMILES string of the molecule is CCCCCNc1ccnc(NCc2ccccc2F)n1. The molecule has 0 spiro atoms. The van der Waals surface area contributed by atoms with E-state index in [2.05, 4.69) is 27.5 Å². The minimum Gasteiger partial charge on any atom is -0.370 e. The second kappa shape index (κ2) is 8.19. The zero-order chi connectivity index (χ0) is 14.9. The molecule has 0 saturated heterocycles. The number of hydrogen-bond donors (Lipinski definition) is 2. The minimum absolute atomic E-state index is 0.223. The van der Waals surface area contributed by atoms with Gasteiger partial charge in [-0.15, -0.1) is 0 Å². The number of rotatable bonds is 8. The molecule has 0 amide bonds. The Balaban J connectivity index is 1.87. The Morgan fingerprint density at radius 1 is 1.10 bits per heavy atom. The summed E-state index contributed by atoms with van der Waals surface area (Å²) in [6.45, 7) is 3.44. The van der Waals surface area contributed by atoms with Gasteiger partial charge in [-0.2, -0.15) is 4.98 Å². The quantitative estimate of drug-likeness (QED) is 0.725. The Kier molecular flexibility index (Phi) is 5.94. The van der Waals surface area contributed by atoms with E-state index in [4.69, 9.17) is 0 Å². The highest BCUT2D eigenvalue weighted by molar-refractivity contribution is 5.39. The van der Waals surface area contributed by atoms with Crippen LogP contribution in [0.5, 0.6) is 0 Å². The fraction of sp³-hybridized carbons (Fsp3) is 0.375. The Bertz CT molecular complexity index is 559. The van der Waals surface area contributed by atoms with E-state index in [0.29, 0.717) is 18.1 Å². The number of nitrogens with one attached hydrogen (secondary N) is 2. The molecular formula is C16H21FN4. The Labute approximate surface area is 124 Å². The highest BCUT2D eigenvalue weighted by atomic mass is 19.1. The van der Waals surface area contributed by atoms with Crippen LogP contribution in [0.2, 0.25) is 0 Å². The summed E-state index contributed by atoms with van der Waals surface area (Å²) in [5.41, 5.74) is 0.599. The average molecular weight is 288 g/mol. The predicted molar refractivity (Wildman–Crippen MR) is 83.8 cm³/mol. The Morgan fingerprint density at radius 3 is 2.76 bits per heavy atom. The lowest BCUT2D eigenvalue weighted by Gasteiger charge is -2.08. The molecule has 0 aliphatic heterocycles. The summed E-state index contributed by atoms with van der Waals surface area (Å²) in [5.74, 6) is 1.06. The lowest BCUT2D eigenvalue weighted by Crippen LogP contribution is -2.08. The molecule has 21 heavy (non-hydrogen) atoms. The smallest absolute Gasteiger partial charge is 0.224 e. The van der Waals surface area contributed by atoms with Crippen molar-refractivity contribution in [2.45, 2.75) is 32.7 Å². The lowest BCUT2D eigenvalue weighted by molar-refractivity contribution is 0.612. The Morgan fingerprint density at radius 2 is 1.95 bits per heavy atom. The first kappa shape index (κ1) is 15.2. The van der Waals surface area contributed by atoms with Crippen molar-refractivity contribution in [2.24, 2.45) is 0 Å². The molecule has 0 radical (unpaired) electrons. The summed E-state index contributed by atoms with van der Waals surface area (Å²) in [7, 11) is 0. The third kappa shape index (κ3) is 5.02. The van der Waals surface area contributed by atoms with Crippen LogP contribution in [0.3, 0.4) is 0 Å². The molecule has 0 aliphatic carbocycles. The van der Waals surface area contributed by atoms with Gasteiger partial charge in [0, 0.05) is 24.8 Å². The predicted octanol–water partition coefficient (Wildman–Crippen LogP) is 3.83. The second-order valence-electron chi connectivity index (χ2n) is 4.84. The van der Waals surface area contributed by atoms with Gasteiger partial charge in [0.05, 0.1) is 0 Å². The van der Waals surface area contributed by atoms with E-state index < -0.39 is 0 Å². The van der Waals surface area contributed by atoms with Crippen molar-refractivity contribution >= 4 is 11.8 Å². The molecule has 1 heterocycles. The molecular weight excluding hydrogens is 267 g/mol. The molecule has 0 bridgehead atoms. The van der Waals surface area contributed by atoms with Crippen molar-refractivity contribution < 1.29 is 4.39 Å². The normalized spacial score (nSPS) is 10.4. The van der Waals surface area contributed by atoms with Crippen LogP contribution in [0.15, 0.2) is 36.5 Å². The van der Waals surface area contributed by atoms with Gasteiger partial charge >= 0.3 is 0 Å². The van der Waals surface area contributed by atoms with Gasteiger partial charge in [0.2, 0.25) is 5.95 Å². The monoisotopic (exact) mass is 288 g/mol. The van der Waals surface area contributed by atoms with Crippen LogP contribution in [-0.2, 0) is 6.54 Å². The van der Waals surface area contributed by atoms with E-state index in [1.165, 1.54) is 18.9 Å². The third-order valence-electron chi connectivity index (χ3n) is 3.14. The Hall–Kier alpha value is -2.17. The van der Waals surface area contributed by atoms with Crippen LogP contribution in [0.1, 0.15) is 31.7 Å². The molecule has 2 rings (SSSR count). The number of benzene rings is 1. The molecule has 0 atom stereocenters. The number of nitrogens with zero attached hydrogens (tertiary/aromatic N) is 2. The van der Waals surface area contributed by atoms with Crippen molar-refractivity contribution in [3.05, 3.63) is 47.9 Å². The maximum absolute atomic E-state index is 13.5. The van der Waals surface area contributed by atoms with Gasteiger partial charge in [0.25, 0.3) is 0 Å². The largest absolute Gasteiger partial charge is 0.370 e. The summed E-state index contributed by atoms with van der Waals surface area (Å²) in [6, 6.07) is 8.52. The van der Waals surface area contributed by atoms with Crippen LogP contribution < -0.4 is 10.6 Å². The first-order chi connectivity index (χ1) is 10.3. The highest BCUT2D eigenvalue weighted by Gasteiger charge is 2.02. The molecule has 0 saturated carbocycles. The van der Waals surface area contributed by atoms with E-state index in [9.17, 15) is 4.39 Å². The average Bonchev–Trinajstić information content (AvgIpc) is 2.51. The molecule has 2 N–H and O–H groups in total. The first-order valence-corrected chi connectivity index (χ1v) is 7.34. The summed E-state index contributed by atoms with van der Waals surface area (Å²) in [6.07, 6.45) is 5.22. The topological polar surface area (TPSA) is 49.8 Å². The number of hydrogen-bond acceptors (Lipinski definition) is 4. The minimum atomic E-state index is -0.223. The molecule has 112 valence electrons. The fourth-order valence-electron chi connectivity index (χ4n) is 1.95. The van der Waals surface area contributed by atoms with Crippen molar-refractivity contribution in [1.82, 2.24) is 9.97 Å². The summed E-state index contributed by atoms with van der Waals surface area (Å²) in [5, 5.41) is 6.31. The van der Waals surface area contributed by atoms with E-state index in [1.807, 2.05) is 12.1 Å². The van der Waals surface area contributed by atoms with Gasteiger partial charge in [-0.05, 0) is 18.6 Å². The molecule has 2 aromatic rings.